The van der Waals surface area contributed by atoms with Crippen molar-refractivity contribution < 1.29 is 4.79 Å². The zero-order valence-electron chi connectivity index (χ0n) is 9.21. The highest BCUT2D eigenvalue weighted by Crippen LogP contribution is 2.04. The molecule has 0 saturated heterocycles. The van der Waals surface area contributed by atoms with Crippen molar-refractivity contribution in [2.24, 2.45) is 0 Å². The van der Waals surface area contributed by atoms with Gasteiger partial charge in [0.15, 0.2) is 0 Å². The molecule has 0 bridgehead atoms. The molecule has 0 unspecified atom stereocenters. The number of amides is 1. The van der Waals surface area contributed by atoms with E-state index in [-0.39, 0.29) is 5.91 Å². The summed E-state index contributed by atoms with van der Waals surface area (Å²) >= 11 is 0. The van der Waals surface area contributed by atoms with Crippen LogP contribution in [0.3, 0.4) is 0 Å². The lowest BCUT2D eigenvalue weighted by Gasteiger charge is -2.05. The molecule has 1 aromatic heterocycles. The lowest BCUT2D eigenvalue weighted by molar-refractivity contribution is -0.115. The van der Waals surface area contributed by atoms with Gasteiger partial charge in [-0.05, 0) is 37.6 Å². The Labute approximate surface area is 90.1 Å². The highest BCUT2D eigenvalue weighted by atomic mass is 16.1. The fourth-order valence-corrected chi connectivity index (χ4v) is 1.17. The average Bonchev–Trinajstić information content (AvgIpc) is 2.18. The number of hydrogen-bond acceptors (Lipinski definition) is 3. The van der Waals surface area contributed by atoms with E-state index in [1.807, 2.05) is 19.1 Å². The monoisotopic (exact) mass is 207 g/mol. The zero-order chi connectivity index (χ0) is 11.1. The molecule has 1 heterocycles. The maximum atomic E-state index is 11.4. The number of pyridine rings is 1. The molecule has 0 atom stereocenters. The number of aromatic nitrogens is 1. The number of rotatable bonds is 5. The van der Waals surface area contributed by atoms with Crippen LogP contribution in [0.5, 0.6) is 0 Å². The van der Waals surface area contributed by atoms with Gasteiger partial charge >= 0.3 is 0 Å². The van der Waals surface area contributed by atoms with E-state index in [0.717, 1.165) is 18.5 Å². The van der Waals surface area contributed by atoms with Gasteiger partial charge in [-0.2, -0.15) is 0 Å². The predicted molar refractivity (Wildman–Crippen MR) is 60.8 cm³/mol. The number of hydrogen-bond donors (Lipinski definition) is 2. The van der Waals surface area contributed by atoms with Crippen molar-refractivity contribution in [2.45, 2.75) is 20.3 Å². The second-order valence-corrected chi connectivity index (χ2v) is 3.44. The Morgan fingerprint density at radius 2 is 2.33 bits per heavy atom. The summed E-state index contributed by atoms with van der Waals surface area (Å²) in [7, 11) is 0. The van der Waals surface area contributed by atoms with Gasteiger partial charge < -0.3 is 10.6 Å². The third-order valence-corrected chi connectivity index (χ3v) is 1.90. The van der Waals surface area contributed by atoms with E-state index in [0.29, 0.717) is 12.4 Å². The minimum Gasteiger partial charge on any atom is -0.310 e. The topological polar surface area (TPSA) is 54.0 Å². The summed E-state index contributed by atoms with van der Waals surface area (Å²) in [5, 5.41) is 5.76. The van der Waals surface area contributed by atoms with Crippen LogP contribution in [-0.4, -0.2) is 24.0 Å². The summed E-state index contributed by atoms with van der Waals surface area (Å²) in [5.41, 5.74) is 1.09. The van der Waals surface area contributed by atoms with Gasteiger partial charge in [0.1, 0.15) is 5.82 Å². The predicted octanol–water partition coefficient (Wildman–Crippen LogP) is 1.33. The molecule has 4 nitrogen and oxygen atoms in total. The molecular formula is C11H17N3O. The van der Waals surface area contributed by atoms with Crippen LogP contribution in [0.25, 0.3) is 0 Å². The Balaban J connectivity index is 2.37. The van der Waals surface area contributed by atoms with Crippen molar-refractivity contribution in [1.82, 2.24) is 10.3 Å². The molecule has 4 heteroatoms. The Bertz CT molecular complexity index is 325. The Kier molecular flexibility index (Phi) is 4.77. The van der Waals surface area contributed by atoms with E-state index in [1.54, 1.807) is 6.20 Å². The maximum absolute atomic E-state index is 11.4. The van der Waals surface area contributed by atoms with Gasteiger partial charge in [0.2, 0.25) is 5.91 Å². The molecule has 0 aliphatic carbocycles. The second kappa shape index (κ2) is 6.14. The van der Waals surface area contributed by atoms with E-state index in [9.17, 15) is 4.79 Å². The standard InChI is InChI=1S/C11H17N3O/c1-3-5-12-8-11(15)14-10-7-9(2)4-6-13-10/h4,6-7,12H,3,5,8H2,1-2H3,(H,13,14,15). The minimum atomic E-state index is -0.0541. The number of carbonyl (C=O) groups excluding carboxylic acids is 1. The largest absolute Gasteiger partial charge is 0.310 e. The van der Waals surface area contributed by atoms with Crippen molar-refractivity contribution in [3.05, 3.63) is 23.9 Å². The molecule has 15 heavy (non-hydrogen) atoms. The average molecular weight is 207 g/mol. The normalized spacial score (nSPS) is 10.0. The zero-order valence-corrected chi connectivity index (χ0v) is 9.21. The Hall–Kier alpha value is -1.42. The van der Waals surface area contributed by atoms with Gasteiger partial charge in [-0.3, -0.25) is 4.79 Å². The summed E-state index contributed by atoms with van der Waals surface area (Å²) in [6, 6.07) is 3.74. The quantitative estimate of drug-likeness (QED) is 0.716. The third-order valence-electron chi connectivity index (χ3n) is 1.90. The number of nitrogens with one attached hydrogen (secondary N) is 2. The summed E-state index contributed by atoms with van der Waals surface area (Å²) in [5.74, 6) is 0.555. The number of carbonyl (C=O) groups is 1. The molecule has 1 aromatic rings. The van der Waals surface area contributed by atoms with Crippen LogP contribution < -0.4 is 10.6 Å². The lowest BCUT2D eigenvalue weighted by atomic mass is 10.3. The van der Waals surface area contributed by atoms with Crippen molar-refractivity contribution >= 4 is 11.7 Å². The van der Waals surface area contributed by atoms with Crippen molar-refractivity contribution in [2.75, 3.05) is 18.4 Å². The molecule has 0 saturated carbocycles. The van der Waals surface area contributed by atoms with Gasteiger partial charge in [0.25, 0.3) is 0 Å². The molecule has 0 fully saturated rings. The number of anilines is 1. The van der Waals surface area contributed by atoms with E-state index in [1.165, 1.54) is 0 Å². The third kappa shape index (κ3) is 4.56. The van der Waals surface area contributed by atoms with Gasteiger partial charge in [0.05, 0.1) is 6.54 Å². The highest BCUT2D eigenvalue weighted by molar-refractivity contribution is 5.91. The van der Waals surface area contributed by atoms with Crippen LogP contribution in [-0.2, 0) is 4.79 Å². The smallest absolute Gasteiger partial charge is 0.239 e. The number of aryl methyl sites for hydroxylation is 1. The first kappa shape index (κ1) is 11.7. The molecule has 82 valence electrons. The van der Waals surface area contributed by atoms with Gasteiger partial charge in [-0.15, -0.1) is 0 Å². The Morgan fingerprint density at radius 1 is 1.53 bits per heavy atom. The fraction of sp³-hybridized carbons (Fsp3) is 0.455. The lowest BCUT2D eigenvalue weighted by Crippen LogP contribution is -2.28. The molecule has 0 radical (unpaired) electrons. The van der Waals surface area contributed by atoms with Crippen LogP contribution in [0.2, 0.25) is 0 Å². The van der Waals surface area contributed by atoms with Crippen molar-refractivity contribution in [3.8, 4) is 0 Å². The molecule has 0 spiro atoms. The SMILES string of the molecule is CCCNCC(=O)Nc1cc(C)ccn1. The van der Waals surface area contributed by atoms with Crippen molar-refractivity contribution in [1.29, 1.82) is 0 Å². The minimum absolute atomic E-state index is 0.0541. The molecule has 1 amide bonds. The van der Waals surface area contributed by atoms with Crippen LogP contribution in [0.1, 0.15) is 18.9 Å². The van der Waals surface area contributed by atoms with Crippen molar-refractivity contribution in [3.63, 3.8) is 0 Å². The highest BCUT2D eigenvalue weighted by Gasteiger charge is 2.01. The Morgan fingerprint density at radius 3 is 3.00 bits per heavy atom. The molecule has 0 aromatic carbocycles. The first-order valence-electron chi connectivity index (χ1n) is 5.15. The molecular weight excluding hydrogens is 190 g/mol. The first-order chi connectivity index (χ1) is 7.22. The van der Waals surface area contributed by atoms with Crippen LogP contribution in [0.15, 0.2) is 18.3 Å². The summed E-state index contributed by atoms with van der Waals surface area (Å²) < 4.78 is 0. The van der Waals surface area contributed by atoms with Crippen LogP contribution in [0.4, 0.5) is 5.82 Å². The van der Waals surface area contributed by atoms with Gasteiger partial charge in [-0.1, -0.05) is 6.92 Å². The number of nitrogens with zero attached hydrogens (tertiary/aromatic N) is 1. The second-order valence-electron chi connectivity index (χ2n) is 3.44. The van der Waals surface area contributed by atoms with E-state index in [4.69, 9.17) is 0 Å². The molecule has 0 aliphatic rings. The van der Waals surface area contributed by atoms with Crippen LogP contribution >= 0.6 is 0 Å². The molecule has 1 rings (SSSR count). The van der Waals surface area contributed by atoms with E-state index >= 15 is 0 Å². The summed E-state index contributed by atoms with van der Waals surface area (Å²) in [4.78, 5) is 15.4. The van der Waals surface area contributed by atoms with Gasteiger partial charge in [-0.25, -0.2) is 4.98 Å². The molecule has 0 aliphatic heterocycles. The summed E-state index contributed by atoms with van der Waals surface area (Å²) in [6.07, 6.45) is 2.71. The van der Waals surface area contributed by atoms with E-state index in [2.05, 4.69) is 22.5 Å². The summed E-state index contributed by atoms with van der Waals surface area (Å²) in [6.45, 7) is 5.22. The van der Waals surface area contributed by atoms with Gasteiger partial charge in [0, 0.05) is 6.20 Å². The van der Waals surface area contributed by atoms with Crippen LogP contribution in [0, 0.1) is 6.92 Å². The fourth-order valence-electron chi connectivity index (χ4n) is 1.17. The molecule has 2 N–H and O–H groups in total. The first-order valence-corrected chi connectivity index (χ1v) is 5.15. The van der Waals surface area contributed by atoms with E-state index < -0.39 is 0 Å². The maximum Gasteiger partial charge on any atom is 0.239 e.